The molecule has 3 aliphatic rings. The van der Waals surface area contributed by atoms with Crippen LogP contribution in [-0.2, 0) is 11.0 Å². The van der Waals surface area contributed by atoms with Crippen molar-refractivity contribution in [3.05, 3.63) is 35.7 Å². The number of alkyl halides is 3. The molecule has 2 aliphatic carbocycles. The van der Waals surface area contributed by atoms with Crippen LogP contribution in [0.15, 0.2) is 24.3 Å². The Morgan fingerprint density at radius 1 is 0.975 bits per heavy atom. The van der Waals surface area contributed by atoms with Gasteiger partial charge < -0.3 is 15.5 Å². The molecule has 0 radical (unpaired) electrons. The summed E-state index contributed by atoms with van der Waals surface area (Å²) in [4.78, 5) is 32.9. The predicted molar refractivity (Wildman–Crippen MR) is 145 cm³/mol. The van der Waals surface area contributed by atoms with Crippen molar-refractivity contribution in [3.8, 4) is 11.4 Å². The van der Waals surface area contributed by atoms with Crippen LogP contribution >= 0.6 is 0 Å². The highest BCUT2D eigenvalue weighted by molar-refractivity contribution is 5.91. The summed E-state index contributed by atoms with van der Waals surface area (Å²) in [6.45, 7) is 2.77. The molecule has 1 saturated heterocycles. The number of hydrogen-bond acceptors (Lipinski definition) is 5. The fourth-order valence-electron chi connectivity index (χ4n) is 5.99. The van der Waals surface area contributed by atoms with E-state index in [1.807, 2.05) is 0 Å². The lowest BCUT2D eigenvalue weighted by Gasteiger charge is -2.29. The lowest BCUT2D eigenvalue weighted by atomic mass is 9.93. The summed E-state index contributed by atoms with van der Waals surface area (Å²) in [5, 5.41) is 10.5. The van der Waals surface area contributed by atoms with Crippen molar-refractivity contribution in [1.29, 1.82) is 0 Å². The number of likely N-dealkylation sites (tertiary alicyclic amines) is 1. The predicted octanol–water partition coefficient (Wildman–Crippen LogP) is 5.11. The van der Waals surface area contributed by atoms with Crippen LogP contribution in [-0.4, -0.2) is 63.2 Å². The number of piperidine rings is 1. The van der Waals surface area contributed by atoms with Gasteiger partial charge in [0.1, 0.15) is 0 Å². The summed E-state index contributed by atoms with van der Waals surface area (Å²) in [6, 6.07) is 4.94. The first-order valence-corrected chi connectivity index (χ1v) is 14.7. The van der Waals surface area contributed by atoms with Crippen molar-refractivity contribution in [2.24, 2.45) is 0 Å². The lowest BCUT2D eigenvalue weighted by molar-refractivity contribution is -0.137. The Bertz CT molecular complexity index is 1170. The second kappa shape index (κ2) is 12.7. The maximum absolute atomic E-state index is 13.9. The first-order valence-electron chi connectivity index (χ1n) is 14.7. The van der Waals surface area contributed by atoms with Gasteiger partial charge in [-0.3, -0.25) is 9.59 Å². The first-order chi connectivity index (χ1) is 19.3. The van der Waals surface area contributed by atoms with Crippen LogP contribution in [0.5, 0.6) is 0 Å². The number of aromatic nitrogens is 3. The third kappa shape index (κ3) is 7.03. The number of rotatable bonds is 10. The normalized spacial score (nSPS) is 19.8. The molecular weight excluding hydrogens is 521 g/mol. The molecule has 2 aromatic rings. The van der Waals surface area contributed by atoms with Gasteiger partial charge in [-0.1, -0.05) is 37.5 Å². The fraction of sp³-hybridized carbons (Fsp3) is 0.655. The Morgan fingerprint density at radius 2 is 1.70 bits per heavy atom. The highest BCUT2D eigenvalue weighted by Crippen LogP contribution is 2.39. The summed E-state index contributed by atoms with van der Waals surface area (Å²) in [7, 11) is 0. The van der Waals surface area contributed by atoms with E-state index < -0.39 is 23.7 Å². The standard InChI is InChI=1S/C29H39F3N6O2/c30-29(31,32)24-14-5-4-13-23(24)27-35-26(36-38(27)22-11-2-3-12-22)28(40)34-21(15-18-37-16-6-1-7-17-37)19-25(39)33-20-9-8-10-20/h4-5,13-14,20-22H,1-3,6-12,15-19H2,(H,33,39)(H,34,40). The van der Waals surface area contributed by atoms with Gasteiger partial charge >= 0.3 is 6.18 Å². The number of nitrogens with one attached hydrogen (secondary N) is 2. The van der Waals surface area contributed by atoms with E-state index in [-0.39, 0.29) is 41.6 Å². The maximum Gasteiger partial charge on any atom is 0.417 e. The van der Waals surface area contributed by atoms with Crippen LogP contribution in [0.25, 0.3) is 11.4 Å². The van der Waals surface area contributed by atoms with E-state index in [4.69, 9.17) is 0 Å². The zero-order valence-electron chi connectivity index (χ0n) is 22.9. The number of nitrogens with zero attached hydrogens (tertiary/aromatic N) is 4. The zero-order chi connectivity index (χ0) is 28.1. The van der Waals surface area contributed by atoms with Crippen LogP contribution in [0.1, 0.15) is 99.3 Å². The molecule has 2 N–H and O–H groups in total. The minimum Gasteiger partial charge on any atom is -0.353 e. The third-order valence-corrected chi connectivity index (χ3v) is 8.46. The number of halogens is 3. The number of benzene rings is 1. The SMILES string of the molecule is O=C(CC(CCN1CCCCC1)NC(=O)c1nc(-c2ccccc2C(F)(F)F)n(C2CCCC2)n1)NC1CCC1. The Balaban J connectivity index is 1.37. The molecule has 1 atom stereocenters. The minimum absolute atomic E-state index is 0.0533. The number of hydrogen-bond donors (Lipinski definition) is 2. The van der Waals surface area contributed by atoms with Gasteiger partial charge in [-0.05, 0) is 70.5 Å². The second-order valence-corrected chi connectivity index (χ2v) is 11.4. The smallest absolute Gasteiger partial charge is 0.353 e. The summed E-state index contributed by atoms with van der Waals surface area (Å²) < 4.78 is 43.2. The summed E-state index contributed by atoms with van der Waals surface area (Å²) in [5.41, 5.74) is -0.893. The number of amides is 2. The Labute approximate surface area is 233 Å². The molecule has 2 saturated carbocycles. The van der Waals surface area contributed by atoms with Crippen LogP contribution < -0.4 is 10.6 Å². The maximum atomic E-state index is 13.9. The van der Waals surface area contributed by atoms with Gasteiger partial charge in [-0.2, -0.15) is 13.2 Å². The van der Waals surface area contributed by atoms with Crippen molar-refractivity contribution in [2.45, 2.75) is 101 Å². The molecule has 2 heterocycles. The van der Waals surface area contributed by atoms with E-state index in [9.17, 15) is 22.8 Å². The highest BCUT2D eigenvalue weighted by atomic mass is 19.4. The topological polar surface area (TPSA) is 92.2 Å². The van der Waals surface area contributed by atoms with Gasteiger partial charge in [0.05, 0.1) is 11.6 Å². The molecule has 1 aromatic carbocycles. The van der Waals surface area contributed by atoms with Crippen LogP contribution in [0.2, 0.25) is 0 Å². The van der Waals surface area contributed by atoms with E-state index in [1.165, 1.54) is 29.3 Å². The van der Waals surface area contributed by atoms with Gasteiger partial charge in [-0.25, -0.2) is 9.67 Å². The van der Waals surface area contributed by atoms with Gasteiger partial charge in [0.2, 0.25) is 11.7 Å². The van der Waals surface area contributed by atoms with Crippen molar-refractivity contribution in [3.63, 3.8) is 0 Å². The summed E-state index contributed by atoms with van der Waals surface area (Å²) in [5.74, 6) is -0.778. The monoisotopic (exact) mass is 560 g/mol. The molecule has 8 nitrogen and oxygen atoms in total. The average molecular weight is 561 g/mol. The third-order valence-electron chi connectivity index (χ3n) is 8.46. The second-order valence-electron chi connectivity index (χ2n) is 11.4. The Morgan fingerprint density at radius 3 is 2.38 bits per heavy atom. The molecule has 1 unspecified atom stereocenters. The van der Waals surface area contributed by atoms with E-state index in [2.05, 4.69) is 25.6 Å². The molecule has 1 aliphatic heterocycles. The fourth-order valence-corrected chi connectivity index (χ4v) is 5.99. The molecule has 0 spiro atoms. The molecule has 2 amide bonds. The molecule has 1 aromatic heterocycles. The minimum atomic E-state index is -4.57. The average Bonchev–Trinajstić information content (AvgIpc) is 3.60. The van der Waals surface area contributed by atoms with Crippen molar-refractivity contribution in [2.75, 3.05) is 19.6 Å². The summed E-state index contributed by atoms with van der Waals surface area (Å²) >= 11 is 0. The zero-order valence-corrected chi connectivity index (χ0v) is 22.9. The molecule has 0 bridgehead atoms. The van der Waals surface area contributed by atoms with E-state index >= 15 is 0 Å². The van der Waals surface area contributed by atoms with Gasteiger partial charge in [0.25, 0.3) is 5.91 Å². The molecule has 5 rings (SSSR count). The van der Waals surface area contributed by atoms with Crippen molar-refractivity contribution < 1.29 is 22.8 Å². The Kier molecular flexibility index (Phi) is 9.07. The van der Waals surface area contributed by atoms with E-state index in [1.54, 1.807) is 0 Å². The summed E-state index contributed by atoms with van der Waals surface area (Å²) in [6.07, 6.45) is 6.15. The first kappa shape index (κ1) is 28.6. The number of carbonyl (C=O) groups excluding carboxylic acids is 2. The van der Waals surface area contributed by atoms with Crippen molar-refractivity contribution in [1.82, 2.24) is 30.3 Å². The van der Waals surface area contributed by atoms with Crippen LogP contribution in [0, 0.1) is 0 Å². The van der Waals surface area contributed by atoms with Gasteiger partial charge in [0.15, 0.2) is 5.82 Å². The van der Waals surface area contributed by atoms with Crippen LogP contribution in [0.3, 0.4) is 0 Å². The lowest BCUT2D eigenvalue weighted by Crippen LogP contribution is -2.45. The number of carbonyl (C=O) groups is 2. The molecule has 3 fully saturated rings. The van der Waals surface area contributed by atoms with Gasteiger partial charge in [-0.15, -0.1) is 5.10 Å². The Hall–Kier alpha value is -2.95. The van der Waals surface area contributed by atoms with E-state index in [0.29, 0.717) is 6.42 Å². The largest absolute Gasteiger partial charge is 0.417 e. The highest BCUT2D eigenvalue weighted by Gasteiger charge is 2.36. The van der Waals surface area contributed by atoms with Crippen molar-refractivity contribution >= 4 is 11.8 Å². The quantitative estimate of drug-likeness (QED) is 0.421. The van der Waals surface area contributed by atoms with E-state index in [0.717, 1.165) is 83.5 Å². The molecule has 40 heavy (non-hydrogen) atoms. The van der Waals surface area contributed by atoms with Crippen LogP contribution in [0.4, 0.5) is 13.2 Å². The van der Waals surface area contributed by atoms with Gasteiger partial charge in [0, 0.05) is 30.6 Å². The molecule has 11 heteroatoms. The molecule has 218 valence electrons. The molecular formula is C29H39F3N6O2.